The Kier molecular flexibility index (Phi) is 3.76. The number of rotatable bonds is 3. The molecule has 2 heteroatoms. The van der Waals surface area contributed by atoms with Gasteiger partial charge in [0.15, 0.2) is 0 Å². The first-order valence-electron chi connectivity index (χ1n) is 8.06. The molecule has 0 spiro atoms. The number of fused-ring (bicyclic) bond motifs is 1. The van der Waals surface area contributed by atoms with Gasteiger partial charge in [0.05, 0.1) is 0 Å². The van der Waals surface area contributed by atoms with Crippen molar-refractivity contribution in [2.75, 3.05) is 7.05 Å². The molecule has 0 radical (unpaired) electrons. The fourth-order valence-electron chi connectivity index (χ4n) is 4.00. The summed E-state index contributed by atoms with van der Waals surface area (Å²) in [4.78, 5) is 0. The zero-order chi connectivity index (χ0) is 14.2. The molecule has 1 N–H and O–H groups in total. The Balaban J connectivity index is 1.75. The van der Waals surface area contributed by atoms with E-state index in [-0.39, 0.29) is 0 Å². The fourth-order valence-corrected chi connectivity index (χ4v) is 4.00. The summed E-state index contributed by atoms with van der Waals surface area (Å²) in [7, 11) is 2.06. The van der Waals surface area contributed by atoms with Gasteiger partial charge in [-0.1, -0.05) is 19.9 Å². The Hall–Kier alpha value is -1.02. The summed E-state index contributed by atoms with van der Waals surface area (Å²) in [6.45, 7) is 4.68. The number of aryl methyl sites for hydroxylation is 2. The minimum absolute atomic E-state index is 0.302. The normalized spacial score (nSPS) is 28.1. The van der Waals surface area contributed by atoms with Gasteiger partial charge in [-0.05, 0) is 74.2 Å². The molecule has 0 heterocycles. The van der Waals surface area contributed by atoms with E-state index in [1.807, 2.05) is 0 Å². The average molecular weight is 273 g/mol. The van der Waals surface area contributed by atoms with Crippen LogP contribution in [0.25, 0.3) is 0 Å². The van der Waals surface area contributed by atoms with Crippen molar-refractivity contribution < 1.29 is 4.74 Å². The van der Waals surface area contributed by atoms with Gasteiger partial charge in [0.2, 0.25) is 0 Å². The zero-order valence-electron chi connectivity index (χ0n) is 13.0. The van der Waals surface area contributed by atoms with Crippen molar-refractivity contribution in [3.63, 3.8) is 0 Å². The fraction of sp³-hybridized carbons (Fsp3) is 0.667. The Morgan fingerprint density at radius 3 is 2.65 bits per heavy atom. The quantitative estimate of drug-likeness (QED) is 0.906. The van der Waals surface area contributed by atoms with Gasteiger partial charge in [-0.25, -0.2) is 0 Å². The molecular weight excluding hydrogens is 246 g/mol. The summed E-state index contributed by atoms with van der Waals surface area (Å²) in [5, 5.41) is 3.46. The molecular formula is C18H27NO. The van der Waals surface area contributed by atoms with E-state index in [0.29, 0.717) is 17.6 Å². The van der Waals surface area contributed by atoms with Gasteiger partial charge in [0.25, 0.3) is 0 Å². The number of hydrogen-bond donors (Lipinski definition) is 1. The molecule has 0 aromatic heterocycles. The minimum Gasteiger partial charge on any atom is -0.489 e. The average Bonchev–Trinajstić information content (AvgIpc) is 2.73. The maximum absolute atomic E-state index is 6.32. The Bertz CT molecular complexity index is 480. The molecule has 1 aromatic rings. The topological polar surface area (TPSA) is 21.3 Å². The lowest BCUT2D eigenvalue weighted by Gasteiger charge is -2.30. The monoisotopic (exact) mass is 273 g/mol. The van der Waals surface area contributed by atoms with Crippen molar-refractivity contribution in [1.82, 2.24) is 5.32 Å². The van der Waals surface area contributed by atoms with Crippen LogP contribution in [0, 0.1) is 5.41 Å². The molecule has 1 saturated carbocycles. The van der Waals surface area contributed by atoms with Crippen LogP contribution in [0.1, 0.15) is 50.7 Å². The Morgan fingerprint density at radius 2 is 1.90 bits per heavy atom. The van der Waals surface area contributed by atoms with Crippen molar-refractivity contribution in [3.05, 3.63) is 29.3 Å². The molecule has 0 aliphatic heterocycles. The van der Waals surface area contributed by atoms with Gasteiger partial charge in [0.1, 0.15) is 11.9 Å². The van der Waals surface area contributed by atoms with Crippen molar-refractivity contribution in [2.24, 2.45) is 5.41 Å². The van der Waals surface area contributed by atoms with Crippen LogP contribution < -0.4 is 10.1 Å². The molecule has 1 fully saturated rings. The molecule has 2 unspecified atom stereocenters. The van der Waals surface area contributed by atoms with Crippen LogP contribution in [-0.4, -0.2) is 19.2 Å². The third-order valence-corrected chi connectivity index (χ3v) is 5.21. The molecule has 2 nitrogen and oxygen atoms in total. The SMILES string of the molecule is CNC1C(Oc2ccc3c(c2)CCCC3)CCC1(C)C. The maximum atomic E-state index is 6.32. The van der Waals surface area contributed by atoms with E-state index in [9.17, 15) is 0 Å². The zero-order valence-corrected chi connectivity index (χ0v) is 13.0. The number of likely N-dealkylation sites (N-methyl/N-ethyl adjacent to an activating group) is 1. The highest BCUT2D eigenvalue weighted by Crippen LogP contribution is 2.39. The molecule has 20 heavy (non-hydrogen) atoms. The second kappa shape index (κ2) is 5.40. The van der Waals surface area contributed by atoms with E-state index < -0.39 is 0 Å². The number of benzene rings is 1. The van der Waals surface area contributed by atoms with Gasteiger partial charge in [-0.2, -0.15) is 0 Å². The summed E-state index contributed by atoms with van der Waals surface area (Å²) < 4.78 is 6.32. The number of nitrogens with one attached hydrogen (secondary N) is 1. The van der Waals surface area contributed by atoms with E-state index in [2.05, 4.69) is 44.4 Å². The van der Waals surface area contributed by atoms with Crippen LogP contribution in [0.15, 0.2) is 18.2 Å². The van der Waals surface area contributed by atoms with Crippen LogP contribution in [0.2, 0.25) is 0 Å². The molecule has 2 atom stereocenters. The van der Waals surface area contributed by atoms with E-state index in [4.69, 9.17) is 4.74 Å². The van der Waals surface area contributed by atoms with Gasteiger partial charge in [-0.3, -0.25) is 0 Å². The maximum Gasteiger partial charge on any atom is 0.120 e. The molecule has 0 saturated heterocycles. The van der Waals surface area contributed by atoms with E-state index in [1.165, 1.54) is 43.2 Å². The molecule has 110 valence electrons. The second-order valence-corrected chi connectivity index (χ2v) is 7.09. The highest BCUT2D eigenvalue weighted by atomic mass is 16.5. The van der Waals surface area contributed by atoms with Crippen molar-refractivity contribution in [3.8, 4) is 5.75 Å². The second-order valence-electron chi connectivity index (χ2n) is 7.09. The van der Waals surface area contributed by atoms with Crippen LogP contribution in [-0.2, 0) is 12.8 Å². The first-order valence-corrected chi connectivity index (χ1v) is 8.06. The van der Waals surface area contributed by atoms with E-state index in [0.717, 1.165) is 12.2 Å². The lowest BCUT2D eigenvalue weighted by atomic mass is 9.87. The van der Waals surface area contributed by atoms with Gasteiger partial charge >= 0.3 is 0 Å². The molecule has 2 aliphatic carbocycles. The summed E-state index contributed by atoms with van der Waals surface area (Å²) in [5.41, 5.74) is 3.36. The number of hydrogen-bond acceptors (Lipinski definition) is 2. The highest BCUT2D eigenvalue weighted by molar-refractivity contribution is 5.37. The molecule has 0 amide bonds. The van der Waals surface area contributed by atoms with Crippen LogP contribution >= 0.6 is 0 Å². The van der Waals surface area contributed by atoms with Crippen LogP contribution in [0.4, 0.5) is 0 Å². The summed E-state index contributed by atoms with van der Waals surface area (Å²) in [5.74, 6) is 1.06. The molecule has 2 aliphatic rings. The summed E-state index contributed by atoms with van der Waals surface area (Å²) >= 11 is 0. The number of ether oxygens (including phenoxy) is 1. The summed E-state index contributed by atoms with van der Waals surface area (Å²) in [6.07, 6.45) is 7.81. The minimum atomic E-state index is 0.302. The van der Waals surface area contributed by atoms with Crippen molar-refractivity contribution in [2.45, 2.75) is 64.5 Å². The smallest absolute Gasteiger partial charge is 0.120 e. The van der Waals surface area contributed by atoms with Crippen molar-refractivity contribution >= 4 is 0 Å². The first-order chi connectivity index (χ1) is 9.60. The predicted molar refractivity (Wildman–Crippen MR) is 83.4 cm³/mol. The summed E-state index contributed by atoms with van der Waals surface area (Å²) in [6, 6.07) is 7.17. The van der Waals surface area contributed by atoms with Gasteiger partial charge in [-0.15, -0.1) is 0 Å². The van der Waals surface area contributed by atoms with Gasteiger partial charge in [0, 0.05) is 6.04 Å². The standard InChI is InChI=1S/C18H27NO/c1-18(2)11-10-16(17(18)19-3)20-15-9-8-13-6-4-5-7-14(13)12-15/h8-9,12,16-17,19H,4-7,10-11H2,1-3H3. The van der Waals surface area contributed by atoms with Crippen LogP contribution in [0.3, 0.4) is 0 Å². The van der Waals surface area contributed by atoms with E-state index >= 15 is 0 Å². The highest BCUT2D eigenvalue weighted by Gasteiger charge is 2.42. The first kappa shape index (κ1) is 13.9. The van der Waals surface area contributed by atoms with Gasteiger partial charge < -0.3 is 10.1 Å². The third kappa shape index (κ3) is 2.58. The Labute approximate surface area is 122 Å². The third-order valence-electron chi connectivity index (χ3n) is 5.21. The molecule has 1 aromatic carbocycles. The predicted octanol–water partition coefficient (Wildman–Crippen LogP) is 3.72. The lowest BCUT2D eigenvalue weighted by molar-refractivity contribution is 0.145. The van der Waals surface area contributed by atoms with Crippen LogP contribution in [0.5, 0.6) is 5.75 Å². The molecule has 0 bridgehead atoms. The largest absolute Gasteiger partial charge is 0.489 e. The Morgan fingerprint density at radius 1 is 1.15 bits per heavy atom. The van der Waals surface area contributed by atoms with E-state index in [1.54, 1.807) is 0 Å². The molecule has 3 rings (SSSR count). The lowest BCUT2D eigenvalue weighted by Crippen LogP contribution is -2.44. The van der Waals surface area contributed by atoms with Crippen molar-refractivity contribution in [1.29, 1.82) is 0 Å².